The van der Waals surface area contributed by atoms with Crippen molar-refractivity contribution in [3.05, 3.63) is 0 Å². The number of carboxylic acids is 1. The summed E-state index contributed by atoms with van der Waals surface area (Å²) >= 11 is 0. The maximum Gasteiger partial charge on any atom is 0.321 e. The molecule has 1 saturated carbocycles. The Hall–Kier alpha value is -0.650. The summed E-state index contributed by atoms with van der Waals surface area (Å²) in [6.07, 6.45) is 2.86. The smallest absolute Gasteiger partial charge is 0.321 e. The van der Waals surface area contributed by atoms with Gasteiger partial charge in [-0.25, -0.2) is 0 Å². The number of aliphatic hydroxyl groups is 2. The lowest BCUT2D eigenvalue weighted by molar-refractivity contribution is -0.144. The number of likely N-dealkylation sites (tertiary alicyclic amines) is 1. The molecule has 1 heterocycles. The van der Waals surface area contributed by atoms with Crippen LogP contribution >= 0.6 is 0 Å². The predicted molar refractivity (Wildman–Crippen MR) is 57.0 cm³/mol. The third-order valence-electron chi connectivity index (χ3n) is 3.72. The average molecular weight is 229 g/mol. The molecule has 3 N–H and O–H groups in total. The van der Waals surface area contributed by atoms with Gasteiger partial charge in [0, 0.05) is 19.0 Å². The molecule has 2 fully saturated rings. The molecule has 4 atom stereocenters. The van der Waals surface area contributed by atoms with Gasteiger partial charge < -0.3 is 15.3 Å². The van der Waals surface area contributed by atoms with Crippen molar-refractivity contribution in [3.63, 3.8) is 0 Å². The van der Waals surface area contributed by atoms with E-state index in [1.54, 1.807) is 4.90 Å². The van der Waals surface area contributed by atoms with Crippen LogP contribution in [0.3, 0.4) is 0 Å². The van der Waals surface area contributed by atoms with Gasteiger partial charge in [0.2, 0.25) is 0 Å². The SMILES string of the molecule is O=C(O)[C@H]1C[C@@H](O)CN1[C@@H]1CCCC[C@H]1O. The predicted octanol–water partition coefficient (Wildman–Crippen LogP) is -0.190. The minimum Gasteiger partial charge on any atom is -0.480 e. The number of β-amino-alcohol motifs (C(OH)–C–C–N with tert-alkyl or cyclic N) is 1. The van der Waals surface area contributed by atoms with Crippen molar-refractivity contribution in [2.24, 2.45) is 0 Å². The van der Waals surface area contributed by atoms with Crippen LogP contribution in [0, 0.1) is 0 Å². The van der Waals surface area contributed by atoms with Crippen LogP contribution in [0.4, 0.5) is 0 Å². The summed E-state index contributed by atoms with van der Waals surface area (Å²) in [4.78, 5) is 12.8. The topological polar surface area (TPSA) is 81.0 Å². The summed E-state index contributed by atoms with van der Waals surface area (Å²) in [6, 6.07) is -0.722. The Kier molecular flexibility index (Phi) is 3.47. The Labute approximate surface area is 94.7 Å². The molecule has 92 valence electrons. The van der Waals surface area contributed by atoms with Crippen molar-refractivity contribution in [1.29, 1.82) is 0 Å². The molecule has 0 bridgehead atoms. The van der Waals surface area contributed by atoms with Gasteiger partial charge in [-0.05, 0) is 12.8 Å². The number of rotatable bonds is 2. The van der Waals surface area contributed by atoms with Crippen LogP contribution in [0.15, 0.2) is 0 Å². The zero-order valence-corrected chi connectivity index (χ0v) is 9.25. The molecule has 5 nitrogen and oxygen atoms in total. The quantitative estimate of drug-likeness (QED) is 0.611. The molecular weight excluding hydrogens is 210 g/mol. The first kappa shape index (κ1) is 11.8. The summed E-state index contributed by atoms with van der Waals surface area (Å²) in [5, 5.41) is 28.5. The van der Waals surface area contributed by atoms with Crippen molar-refractivity contribution in [2.75, 3.05) is 6.54 Å². The lowest BCUT2D eigenvalue weighted by Gasteiger charge is -2.37. The lowest BCUT2D eigenvalue weighted by atomic mass is 9.91. The van der Waals surface area contributed by atoms with Gasteiger partial charge in [-0.15, -0.1) is 0 Å². The Morgan fingerprint density at radius 3 is 2.50 bits per heavy atom. The molecule has 0 unspecified atom stereocenters. The first-order valence-corrected chi connectivity index (χ1v) is 5.94. The van der Waals surface area contributed by atoms with E-state index in [2.05, 4.69) is 0 Å². The van der Waals surface area contributed by atoms with Gasteiger partial charge in [0.25, 0.3) is 0 Å². The summed E-state index contributed by atoms with van der Waals surface area (Å²) in [6.45, 7) is 0.374. The van der Waals surface area contributed by atoms with E-state index in [4.69, 9.17) is 5.11 Å². The van der Waals surface area contributed by atoms with E-state index in [9.17, 15) is 15.0 Å². The average Bonchev–Trinajstić information content (AvgIpc) is 2.61. The summed E-state index contributed by atoms with van der Waals surface area (Å²) in [5.74, 6) is -0.894. The van der Waals surface area contributed by atoms with E-state index >= 15 is 0 Å². The van der Waals surface area contributed by atoms with Crippen LogP contribution in [-0.2, 0) is 4.79 Å². The maximum absolute atomic E-state index is 11.1. The molecular formula is C11H19NO4. The molecule has 1 aliphatic heterocycles. The van der Waals surface area contributed by atoms with E-state index in [0.717, 1.165) is 25.7 Å². The number of carboxylic acid groups (broad SMARTS) is 1. The number of nitrogens with zero attached hydrogens (tertiary/aromatic N) is 1. The first-order valence-electron chi connectivity index (χ1n) is 5.94. The molecule has 0 aromatic rings. The fourth-order valence-corrected chi connectivity index (χ4v) is 2.93. The third-order valence-corrected chi connectivity index (χ3v) is 3.72. The number of hydrogen-bond donors (Lipinski definition) is 3. The number of aliphatic hydroxyl groups excluding tert-OH is 2. The molecule has 2 rings (SSSR count). The van der Waals surface area contributed by atoms with Gasteiger partial charge in [0.05, 0.1) is 12.2 Å². The zero-order chi connectivity index (χ0) is 11.7. The van der Waals surface area contributed by atoms with E-state index in [-0.39, 0.29) is 12.5 Å². The van der Waals surface area contributed by atoms with Crippen LogP contribution in [0.5, 0.6) is 0 Å². The van der Waals surface area contributed by atoms with Gasteiger partial charge in [-0.2, -0.15) is 0 Å². The van der Waals surface area contributed by atoms with Crippen LogP contribution in [0.25, 0.3) is 0 Å². The van der Waals surface area contributed by atoms with Crippen LogP contribution in [-0.4, -0.2) is 57.0 Å². The number of hydrogen-bond acceptors (Lipinski definition) is 4. The minimum absolute atomic E-state index is 0.0907. The minimum atomic E-state index is -0.894. The third kappa shape index (κ3) is 2.21. The maximum atomic E-state index is 11.1. The molecule has 0 amide bonds. The van der Waals surface area contributed by atoms with Crippen LogP contribution in [0.2, 0.25) is 0 Å². The zero-order valence-electron chi connectivity index (χ0n) is 9.25. The lowest BCUT2D eigenvalue weighted by Crippen LogP contribution is -2.50. The second-order valence-corrected chi connectivity index (χ2v) is 4.86. The van der Waals surface area contributed by atoms with Crippen molar-refractivity contribution in [3.8, 4) is 0 Å². The normalized spacial score (nSPS) is 41.1. The molecule has 0 spiro atoms. The first-order chi connectivity index (χ1) is 7.59. The largest absolute Gasteiger partial charge is 0.480 e. The number of aliphatic carboxylic acids is 1. The Morgan fingerprint density at radius 2 is 1.88 bits per heavy atom. The highest BCUT2D eigenvalue weighted by Crippen LogP contribution is 2.29. The van der Waals surface area contributed by atoms with Crippen molar-refractivity contribution in [1.82, 2.24) is 4.90 Å². The second-order valence-electron chi connectivity index (χ2n) is 4.86. The van der Waals surface area contributed by atoms with E-state index in [1.165, 1.54) is 0 Å². The molecule has 2 aliphatic rings. The highest BCUT2D eigenvalue weighted by atomic mass is 16.4. The molecule has 0 aromatic heterocycles. The Morgan fingerprint density at radius 1 is 1.19 bits per heavy atom. The molecule has 1 aliphatic carbocycles. The monoisotopic (exact) mass is 229 g/mol. The van der Waals surface area contributed by atoms with Gasteiger partial charge in [0.15, 0.2) is 0 Å². The fourth-order valence-electron chi connectivity index (χ4n) is 2.93. The van der Waals surface area contributed by atoms with E-state index in [1.807, 2.05) is 0 Å². The van der Waals surface area contributed by atoms with Crippen molar-refractivity contribution in [2.45, 2.75) is 56.4 Å². The van der Waals surface area contributed by atoms with Gasteiger partial charge in [-0.3, -0.25) is 9.69 Å². The van der Waals surface area contributed by atoms with Crippen molar-refractivity contribution < 1.29 is 20.1 Å². The van der Waals surface area contributed by atoms with Crippen molar-refractivity contribution >= 4 is 5.97 Å². The highest BCUT2D eigenvalue weighted by Gasteiger charge is 2.42. The Balaban J connectivity index is 2.08. The summed E-state index contributed by atoms with van der Waals surface area (Å²) < 4.78 is 0. The molecule has 1 saturated heterocycles. The highest BCUT2D eigenvalue weighted by molar-refractivity contribution is 5.74. The van der Waals surface area contributed by atoms with Crippen LogP contribution in [0.1, 0.15) is 32.1 Å². The Bertz CT molecular complexity index is 271. The molecule has 0 radical (unpaired) electrons. The van der Waals surface area contributed by atoms with Gasteiger partial charge >= 0.3 is 5.97 Å². The number of carbonyl (C=O) groups is 1. The van der Waals surface area contributed by atoms with E-state index < -0.39 is 24.2 Å². The fraction of sp³-hybridized carbons (Fsp3) is 0.909. The van der Waals surface area contributed by atoms with Gasteiger partial charge in [-0.1, -0.05) is 12.8 Å². The standard InChI is InChI=1S/C11H19NO4/c13-7-5-9(11(15)16)12(6-7)8-3-1-2-4-10(8)14/h7-10,13-14H,1-6H2,(H,15,16)/t7-,8-,9-,10-/m1/s1. The van der Waals surface area contributed by atoms with E-state index in [0.29, 0.717) is 6.54 Å². The second kappa shape index (κ2) is 4.69. The molecule has 16 heavy (non-hydrogen) atoms. The summed E-state index contributed by atoms with van der Waals surface area (Å²) in [7, 11) is 0. The summed E-state index contributed by atoms with van der Waals surface area (Å²) in [5.41, 5.74) is 0. The molecule has 0 aromatic carbocycles. The molecule has 5 heteroatoms. The van der Waals surface area contributed by atoms with Crippen LogP contribution < -0.4 is 0 Å². The van der Waals surface area contributed by atoms with Gasteiger partial charge in [0.1, 0.15) is 6.04 Å².